The summed E-state index contributed by atoms with van der Waals surface area (Å²) < 4.78 is 0.562. The van der Waals surface area contributed by atoms with Crippen LogP contribution in [0.25, 0.3) is 0 Å². The first-order valence-electron chi connectivity index (χ1n) is 8.13. The molecular formula is C16H32N2S. The highest BCUT2D eigenvalue weighted by Crippen LogP contribution is 2.41. The molecule has 0 bridgehead atoms. The van der Waals surface area contributed by atoms with Gasteiger partial charge in [-0.15, -0.1) is 0 Å². The Labute approximate surface area is 124 Å². The Balaban J connectivity index is 2.01. The van der Waals surface area contributed by atoms with Gasteiger partial charge >= 0.3 is 0 Å². The van der Waals surface area contributed by atoms with Crippen molar-refractivity contribution in [1.29, 1.82) is 0 Å². The molecule has 0 amide bonds. The molecule has 1 aliphatic heterocycles. The smallest absolute Gasteiger partial charge is 0.0284 e. The minimum atomic E-state index is 0.562. The van der Waals surface area contributed by atoms with E-state index >= 15 is 0 Å². The molecule has 2 rings (SSSR count). The summed E-state index contributed by atoms with van der Waals surface area (Å²) in [5.41, 5.74) is 0. The Morgan fingerprint density at radius 2 is 2.00 bits per heavy atom. The minimum absolute atomic E-state index is 0.562. The predicted molar refractivity (Wildman–Crippen MR) is 87.0 cm³/mol. The Bertz CT molecular complexity index is 274. The van der Waals surface area contributed by atoms with Crippen LogP contribution in [0.2, 0.25) is 0 Å². The molecule has 2 unspecified atom stereocenters. The average Bonchev–Trinajstić information content (AvgIpc) is 2.87. The standard InChI is InChI=1S/C16H32N2S/c1-5-14-10-17-15(13(2)3)11-18(14)12-16(19-4)8-6-7-9-16/h13-15,17H,5-12H2,1-4H3. The van der Waals surface area contributed by atoms with Gasteiger partial charge in [-0.1, -0.05) is 33.6 Å². The van der Waals surface area contributed by atoms with Crippen molar-refractivity contribution >= 4 is 11.8 Å². The molecule has 3 heteroatoms. The largest absolute Gasteiger partial charge is 0.311 e. The van der Waals surface area contributed by atoms with Gasteiger partial charge in [0, 0.05) is 36.5 Å². The van der Waals surface area contributed by atoms with Crippen molar-refractivity contribution < 1.29 is 0 Å². The Hall–Kier alpha value is 0.270. The lowest BCUT2D eigenvalue weighted by Gasteiger charge is -2.45. The number of nitrogens with one attached hydrogen (secondary N) is 1. The van der Waals surface area contributed by atoms with Crippen molar-refractivity contribution in [1.82, 2.24) is 10.2 Å². The fourth-order valence-electron chi connectivity index (χ4n) is 3.74. The van der Waals surface area contributed by atoms with E-state index in [2.05, 4.69) is 49.0 Å². The third kappa shape index (κ3) is 3.68. The maximum Gasteiger partial charge on any atom is 0.0284 e. The van der Waals surface area contributed by atoms with Crippen LogP contribution in [0.1, 0.15) is 52.9 Å². The summed E-state index contributed by atoms with van der Waals surface area (Å²) in [6, 6.07) is 1.43. The van der Waals surface area contributed by atoms with Gasteiger partial charge in [-0.05, 0) is 31.4 Å². The summed E-state index contributed by atoms with van der Waals surface area (Å²) in [5.74, 6) is 0.745. The van der Waals surface area contributed by atoms with Crippen LogP contribution < -0.4 is 5.32 Å². The second kappa shape index (κ2) is 6.82. The molecule has 1 saturated heterocycles. The summed E-state index contributed by atoms with van der Waals surface area (Å²) in [5, 5.41) is 3.76. The van der Waals surface area contributed by atoms with Gasteiger partial charge in [-0.25, -0.2) is 0 Å². The summed E-state index contributed by atoms with van der Waals surface area (Å²) in [6.07, 6.45) is 9.35. The van der Waals surface area contributed by atoms with Crippen LogP contribution in [-0.2, 0) is 0 Å². The van der Waals surface area contributed by atoms with E-state index in [9.17, 15) is 0 Å². The maximum absolute atomic E-state index is 3.76. The molecule has 2 nitrogen and oxygen atoms in total. The van der Waals surface area contributed by atoms with Gasteiger partial charge in [0.1, 0.15) is 0 Å². The summed E-state index contributed by atoms with van der Waals surface area (Å²) in [4.78, 5) is 2.81. The molecule has 1 heterocycles. The highest BCUT2D eigenvalue weighted by molar-refractivity contribution is 8.00. The molecule has 1 N–H and O–H groups in total. The van der Waals surface area contributed by atoms with Crippen LogP contribution in [0.3, 0.4) is 0 Å². The van der Waals surface area contributed by atoms with Crippen LogP contribution in [0.5, 0.6) is 0 Å². The molecule has 2 fully saturated rings. The van der Waals surface area contributed by atoms with E-state index in [1.807, 2.05) is 0 Å². The monoisotopic (exact) mass is 284 g/mol. The number of nitrogens with zero attached hydrogens (tertiary/aromatic N) is 1. The number of hydrogen-bond acceptors (Lipinski definition) is 3. The van der Waals surface area contributed by atoms with Crippen molar-refractivity contribution in [3.63, 3.8) is 0 Å². The van der Waals surface area contributed by atoms with Crippen molar-refractivity contribution in [3.05, 3.63) is 0 Å². The SMILES string of the molecule is CCC1CNC(C(C)C)CN1CC1(SC)CCCC1. The van der Waals surface area contributed by atoms with Gasteiger partial charge in [0.05, 0.1) is 0 Å². The lowest BCUT2D eigenvalue weighted by molar-refractivity contribution is 0.0995. The molecule has 0 spiro atoms. The summed E-state index contributed by atoms with van der Waals surface area (Å²) >= 11 is 2.13. The Morgan fingerprint density at radius 1 is 1.32 bits per heavy atom. The van der Waals surface area contributed by atoms with Crippen LogP contribution in [0.4, 0.5) is 0 Å². The van der Waals surface area contributed by atoms with Gasteiger partial charge < -0.3 is 5.32 Å². The predicted octanol–water partition coefficient (Wildman–Crippen LogP) is 3.37. The maximum atomic E-state index is 3.76. The number of hydrogen-bond donors (Lipinski definition) is 1. The zero-order valence-corrected chi connectivity index (χ0v) is 14.1. The van der Waals surface area contributed by atoms with E-state index in [0.717, 1.165) is 12.0 Å². The number of thioether (sulfide) groups is 1. The van der Waals surface area contributed by atoms with E-state index in [1.54, 1.807) is 0 Å². The topological polar surface area (TPSA) is 15.3 Å². The second-order valence-electron chi connectivity index (χ2n) is 6.84. The number of rotatable bonds is 5. The first kappa shape index (κ1) is 15.7. The molecule has 0 aromatic heterocycles. The van der Waals surface area contributed by atoms with Crippen LogP contribution >= 0.6 is 11.8 Å². The Morgan fingerprint density at radius 3 is 2.53 bits per heavy atom. The van der Waals surface area contributed by atoms with Gasteiger partial charge in [0.2, 0.25) is 0 Å². The molecule has 0 aromatic carbocycles. The van der Waals surface area contributed by atoms with E-state index in [4.69, 9.17) is 0 Å². The Kier molecular flexibility index (Phi) is 5.62. The first-order valence-corrected chi connectivity index (χ1v) is 9.35. The van der Waals surface area contributed by atoms with Gasteiger partial charge in [-0.3, -0.25) is 4.90 Å². The lowest BCUT2D eigenvalue weighted by atomic mass is 9.96. The van der Waals surface area contributed by atoms with Crippen molar-refractivity contribution in [3.8, 4) is 0 Å². The molecule has 1 aliphatic carbocycles. The number of piperazine rings is 1. The van der Waals surface area contributed by atoms with E-state index in [-0.39, 0.29) is 0 Å². The molecule has 112 valence electrons. The average molecular weight is 285 g/mol. The van der Waals surface area contributed by atoms with Gasteiger partial charge in [0.15, 0.2) is 0 Å². The molecule has 0 radical (unpaired) electrons. The zero-order valence-electron chi connectivity index (χ0n) is 13.2. The van der Waals surface area contributed by atoms with Crippen LogP contribution in [0.15, 0.2) is 0 Å². The van der Waals surface area contributed by atoms with Crippen LogP contribution in [-0.4, -0.2) is 47.6 Å². The highest BCUT2D eigenvalue weighted by Gasteiger charge is 2.38. The van der Waals surface area contributed by atoms with Crippen LogP contribution in [0, 0.1) is 5.92 Å². The normalized spacial score (nSPS) is 32.1. The molecular weight excluding hydrogens is 252 g/mol. The van der Waals surface area contributed by atoms with Gasteiger partial charge in [0.25, 0.3) is 0 Å². The van der Waals surface area contributed by atoms with Gasteiger partial charge in [-0.2, -0.15) is 11.8 Å². The fourth-order valence-corrected chi connectivity index (χ4v) is 4.73. The molecule has 1 saturated carbocycles. The molecule has 19 heavy (non-hydrogen) atoms. The minimum Gasteiger partial charge on any atom is -0.311 e. The quantitative estimate of drug-likeness (QED) is 0.833. The first-order chi connectivity index (χ1) is 9.10. The van der Waals surface area contributed by atoms with Crippen molar-refractivity contribution in [2.45, 2.75) is 69.7 Å². The third-order valence-electron chi connectivity index (χ3n) is 5.28. The van der Waals surface area contributed by atoms with Crippen molar-refractivity contribution in [2.24, 2.45) is 5.92 Å². The lowest BCUT2D eigenvalue weighted by Crippen LogP contribution is -2.60. The third-order valence-corrected chi connectivity index (χ3v) is 6.68. The fraction of sp³-hybridized carbons (Fsp3) is 1.00. The zero-order chi connectivity index (χ0) is 13.9. The highest BCUT2D eigenvalue weighted by atomic mass is 32.2. The molecule has 2 aliphatic rings. The molecule has 2 atom stereocenters. The summed E-state index contributed by atoms with van der Waals surface area (Å²) in [6.45, 7) is 10.8. The molecule has 0 aromatic rings. The van der Waals surface area contributed by atoms with Crippen molar-refractivity contribution in [2.75, 3.05) is 25.9 Å². The van der Waals surface area contributed by atoms with E-state index in [0.29, 0.717) is 10.8 Å². The second-order valence-corrected chi connectivity index (χ2v) is 8.12. The summed E-state index contributed by atoms with van der Waals surface area (Å²) in [7, 11) is 0. The van der Waals surface area contributed by atoms with E-state index in [1.165, 1.54) is 51.7 Å². The van der Waals surface area contributed by atoms with E-state index < -0.39 is 0 Å².